The first-order chi connectivity index (χ1) is 14.2. The van der Waals surface area contributed by atoms with Crippen LogP contribution in [0.1, 0.15) is 76.2 Å². The van der Waals surface area contributed by atoms with Gasteiger partial charge >= 0.3 is 6.18 Å². The lowest BCUT2D eigenvalue weighted by molar-refractivity contribution is -0.137. The van der Waals surface area contributed by atoms with E-state index in [1.807, 2.05) is 20.0 Å². The number of fused-ring (bicyclic) bond motifs is 1. The quantitative estimate of drug-likeness (QED) is 0.586. The van der Waals surface area contributed by atoms with Crippen LogP contribution in [0.2, 0.25) is 0 Å². The number of rotatable bonds is 6. The second-order valence-corrected chi connectivity index (χ2v) is 8.09. The summed E-state index contributed by atoms with van der Waals surface area (Å²) in [6, 6.07) is 3.07. The van der Waals surface area contributed by atoms with Crippen molar-refractivity contribution in [2.75, 3.05) is 4.90 Å². The number of amides is 1. The van der Waals surface area contributed by atoms with Crippen LogP contribution in [0, 0.1) is 5.92 Å². The van der Waals surface area contributed by atoms with Gasteiger partial charge in [-0.3, -0.25) is 4.79 Å². The van der Waals surface area contributed by atoms with Gasteiger partial charge < -0.3 is 4.90 Å². The third-order valence-electron chi connectivity index (χ3n) is 6.01. The molecule has 3 atom stereocenters. The monoisotopic (exact) mass is 422 g/mol. The molecule has 164 valence electrons. The summed E-state index contributed by atoms with van der Waals surface area (Å²) >= 11 is 0. The molecule has 0 saturated heterocycles. The van der Waals surface area contributed by atoms with Crippen LogP contribution >= 0.6 is 0 Å². The zero-order chi connectivity index (χ0) is 22.1. The Kier molecular flexibility index (Phi) is 6.53. The van der Waals surface area contributed by atoms with E-state index in [2.05, 4.69) is 17.2 Å². The van der Waals surface area contributed by atoms with Gasteiger partial charge in [-0.25, -0.2) is 4.68 Å². The van der Waals surface area contributed by atoms with Gasteiger partial charge in [-0.15, -0.1) is 5.10 Å². The molecule has 0 radical (unpaired) electrons. The Morgan fingerprint density at radius 2 is 1.93 bits per heavy atom. The van der Waals surface area contributed by atoms with Crippen molar-refractivity contribution in [2.45, 2.75) is 78.1 Å². The minimum Gasteiger partial charge on any atom is -0.309 e. The summed E-state index contributed by atoms with van der Waals surface area (Å²) in [6.45, 7) is 7.54. The average Bonchev–Trinajstić information content (AvgIpc) is 3.14. The van der Waals surface area contributed by atoms with Gasteiger partial charge in [-0.1, -0.05) is 38.8 Å². The molecule has 30 heavy (non-hydrogen) atoms. The standard InChI is InChI=1S/C22H29F3N4O/c1-5-7-8-9-17-13-28(27-26-17)21-14(3)19(6-2)29(15(4)30)20-11-10-16(12-18(20)21)22(23,24)25/h10-14,19,21H,5-9H2,1-4H3/t14-,19+,21+/m1/s1. The fourth-order valence-corrected chi connectivity index (χ4v) is 4.56. The molecule has 0 spiro atoms. The summed E-state index contributed by atoms with van der Waals surface area (Å²) in [6.07, 6.45) is 2.06. The van der Waals surface area contributed by atoms with E-state index in [0.29, 0.717) is 17.7 Å². The lowest BCUT2D eigenvalue weighted by atomic mass is 9.80. The number of aromatic nitrogens is 3. The maximum Gasteiger partial charge on any atom is 0.416 e. The zero-order valence-corrected chi connectivity index (χ0v) is 17.9. The first-order valence-electron chi connectivity index (χ1n) is 10.6. The number of anilines is 1. The molecule has 1 aromatic carbocycles. The fourth-order valence-electron chi connectivity index (χ4n) is 4.56. The minimum atomic E-state index is -4.46. The van der Waals surface area contributed by atoms with E-state index in [9.17, 15) is 18.0 Å². The average molecular weight is 422 g/mol. The Morgan fingerprint density at radius 3 is 2.53 bits per heavy atom. The number of benzene rings is 1. The van der Waals surface area contributed by atoms with Gasteiger partial charge in [0.2, 0.25) is 5.91 Å². The van der Waals surface area contributed by atoms with Gasteiger partial charge in [0.25, 0.3) is 0 Å². The summed E-state index contributed by atoms with van der Waals surface area (Å²) in [4.78, 5) is 14.1. The number of carbonyl (C=O) groups is 1. The van der Waals surface area contributed by atoms with Gasteiger partial charge in [0.1, 0.15) is 0 Å². The van der Waals surface area contributed by atoms with E-state index < -0.39 is 17.8 Å². The van der Waals surface area contributed by atoms with Crippen molar-refractivity contribution < 1.29 is 18.0 Å². The van der Waals surface area contributed by atoms with Gasteiger partial charge in [0.15, 0.2) is 0 Å². The van der Waals surface area contributed by atoms with Crippen molar-refractivity contribution in [1.29, 1.82) is 0 Å². The second kappa shape index (κ2) is 8.78. The molecule has 1 aromatic heterocycles. The number of hydrogen-bond acceptors (Lipinski definition) is 3. The molecule has 0 fully saturated rings. The predicted molar refractivity (Wildman–Crippen MR) is 109 cm³/mol. The summed E-state index contributed by atoms with van der Waals surface area (Å²) in [7, 11) is 0. The van der Waals surface area contributed by atoms with Crippen LogP contribution in [0.3, 0.4) is 0 Å². The van der Waals surface area contributed by atoms with E-state index >= 15 is 0 Å². The molecule has 0 saturated carbocycles. The molecule has 2 aromatic rings. The Bertz CT molecular complexity index is 893. The van der Waals surface area contributed by atoms with Crippen molar-refractivity contribution >= 4 is 11.6 Å². The Hall–Kier alpha value is -2.38. The molecule has 5 nitrogen and oxygen atoms in total. The molecule has 1 amide bonds. The number of carbonyl (C=O) groups excluding carboxylic acids is 1. The Balaban J connectivity index is 2.10. The second-order valence-electron chi connectivity index (χ2n) is 8.09. The summed E-state index contributed by atoms with van der Waals surface area (Å²) in [5.41, 5.74) is 1.10. The molecule has 0 bridgehead atoms. The van der Waals surface area contributed by atoms with Crippen molar-refractivity contribution in [3.8, 4) is 0 Å². The molecular formula is C22H29F3N4O. The minimum absolute atomic E-state index is 0.125. The largest absolute Gasteiger partial charge is 0.416 e. The van der Waals surface area contributed by atoms with Crippen LogP contribution < -0.4 is 4.90 Å². The predicted octanol–water partition coefficient (Wildman–Crippen LogP) is 5.40. The summed E-state index contributed by atoms with van der Waals surface area (Å²) < 4.78 is 42.0. The van der Waals surface area contributed by atoms with Gasteiger partial charge in [-0.05, 0) is 37.5 Å². The number of hydrogen-bond donors (Lipinski definition) is 0. The molecular weight excluding hydrogens is 393 g/mol. The van der Waals surface area contributed by atoms with Crippen LogP contribution in [0.4, 0.5) is 18.9 Å². The SMILES string of the molecule is CCCCCc1cn([C@@H]2c3cc(C(F)(F)F)ccc3N(C(C)=O)[C@@H](CC)[C@H]2C)nn1. The van der Waals surface area contributed by atoms with Crippen LogP contribution in [-0.4, -0.2) is 26.9 Å². The topological polar surface area (TPSA) is 51.0 Å². The molecule has 1 aliphatic heterocycles. The van der Waals surface area contributed by atoms with E-state index in [1.165, 1.54) is 13.0 Å². The van der Waals surface area contributed by atoms with Crippen LogP contribution in [0.25, 0.3) is 0 Å². The van der Waals surface area contributed by atoms with Gasteiger partial charge in [0.05, 0.1) is 17.3 Å². The highest BCUT2D eigenvalue weighted by Crippen LogP contribution is 2.45. The smallest absolute Gasteiger partial charge is 0.309 e. The fraction of sp³-hybridized carbons (Fsp3) is 0.591. The lowest BCUT2D eigenvalue weighted by Gasteiger charge is -2.44. The normalized spacial score (nSPS) is 21.6. The first-order valence-corrected chi connectivity index (χ1v) is 10.6. The highest BCUT2D eigenvalue weighted by atomic mass is 19.4. The van der Waals surface area contributed by atoms with E-state index in [-0.39, 0.29) is 17.9 Å². The number of aryl methyl sites for hydroxylation is 1. The van der Waals surface area contributed by atoms with Crippen LogP contribution in [0.15, 0.2) is 24.4 Å². The molecule has 1 aliphatic rings. The third kappa shape index (κ3) is 4.23. The van der Waals surface area contributed by atoms with Crippen molar-refractivity contribution in [2.24, 2.45) is 5.92 Å². The van der Waals surface area contributed by atoms with E-state index in [1.54, 1.807) is 9.58 Å². The highest BCUT2D eigenvalue weighted by Gasteiger charge is 2.42. The van der Waals surface area contributed by atoms with Crippen LogP contribution in [-0.2, 0) is 17.4 Å². The number of alkyl halides is 3. The zero-order valence-electron chi connectivity index (χ0n) is 17.9. The number of nitrogens with zero attached hydrogens (tertiary/aromatic N) is 4. The van der Waals surface area contributed by atoms with Gasteiger partial charge in [-0.2, -0.15) is 13.2 Å². The molecule has 0 unspecified atom stereocenters. The molecule has 8 heteroatoms. The summed E-state index contributed by atoms with van der Waals surface area (Å²) in [5, 5.41) is 8.54. The Labute approximate surface area is 175 Å². The van der Waals surface area contributed by atoms with Crippen molar-refractivity contribution in [1.82, 2.24) is 15.0 Å². The van der Waals surface area contributed by atoms with Gasteiger partial charge in [0, 0.05) is 36.3 Å². The highest BCUT2D eigenvalue weighted by molar-refractivity contribution is 5.94. The lowest BCUT2D eigenvalue weighted by Crippen LogP contribution is -2.49. The summed E-state index contributed by atoms with van der Waals surface area (Å²) in [5.74, 6) is -0.299. The molecule has 2 heterocycles. The van der Waals surface area contributed by atoms with E-state index in [0.717, 1.165) is 43.5 Å². The molecule has 0 N–H and O–H groups in total. The first kappa shape index (κ1) is 22.3. The maximum atomic E-state index is 13.4. The van der Waals surface area contributed by atoms with Crippen molar-refractivity contribution in [3.63, 3.8) is 0 Å². The number of unbranched alkanes of at least 4 members (excludes halogenated alkanes) is 2. The Morgan fingerprint density at radius 1 is 1.20 bits per heavy atom. The number of halogens is 3. The molecule has 0 aliphatic carbocycles. The van der Waals surface area contributed by atoms with E-state index in [4.69, 9.17) is 0 Å². The third-order valence-corrected chi connectivity index (χ3v) is 6.01. The van der Waals surface area contributed by atoms with Crippen LogP contribution in [0.5, 0.6) is 0 Å². The maximum absolute atomic E-state index is 13.4. The molecule has 3 rings (SSSR count). The van der Waals surface area contributed by atoms with Crippen molar-refractivity contribution in [3.05, 3.63) is 41.2 Å².